The lowest BCUT2D eigenvalue weighted by Crippen LogP contribution is -2.50. The van der Waals surface area contributed by atoms with Gasteiger partial charge in [-0.3, -0.25) is 14.5 Å². The van der Waals surface area contributed by atoms with Crippen LogP contribution in [0.25, 0.3) is 0 Å². The second-order valence-corrected chi connectivity index (χ2v) is 7.16. The van der Waals surface area contributed by atoms with Crippen LogP contribution in [0.5, 0.6) is 17.2 Å². The maximum Gasteiger partial charge on any atom is 0.257 e. The average Bonchev–Trinajstić information content (AvgIpc) is 2.83. The summed E-state index contributed by atoms with van der Waals surface area (Å²) in [6.45, 7) is 4.00. The summed E-state index contributed by atoms with van der Waals surface area (Å²) in [6.07, 6.45) is 0. The highest BCUT2D eigenvalue weighted by atomic mass is 16.5. The van der Waals surface area contributed by atoms with E-state index in [-0.39, 0.29) is 11.8 Å². The van der Waals surface area contributed by atoms with Gasteiger partial charge in [0.2, 0.25) is 0 Å². The summed E-state index contributed by atoms with van der Waals surface area (Å²) in [5.74, 6) is 1.54. The summed E-state index contributed by atoms with van der Waals surface area (Å²) in [5.41, 5.74) is 1.10. The molecule has 1 aliphatic heterocycles. The summed E-state index contributed by atoms with van der Waals surface area (Å²) in [5, 5.41) is 2.94. The fourth-order valence-corrected chi connectivity index (χ4v) is 3.57. The van der Waals surface area contributed by atoms with Crippen LogP contribution >= 0.6 is 0 Å². The lowest BCUT2D eigenvalue weighted by atomic mass is 10.1. The molecule has 31 heavy (non-hydrogen) atoms. The Morgan fingerprint density at radius 2 is 1.61 bits per heavy atom. The molecular weight excluding hydrogens is 398 g/mol. The number of piperazine rings is 1. The molecule has 0 aromatic heterocycles. The normalized spacial score (nSPS) is 14.1. The fraction of sp³-hybridized carbons (Fsp3) is 0.391. The van der Waals surface area contributed by atoms with E-state index in [0.717, 1.165) is 25.4 Å². The standard InChI is InChI=1S/C23H29N3O5/c1-29-18-9-7-17(8-10-18)22(27)24-11-12-25-13-15-26(16-14-25)23(28)19-5-4-6-20(30-2)21(19)31-3/h4-10H,11-16H2,1-3H3,(H,24,27). The lowest BCUT2D eigenvalue weighted by molar-refractivity contribution is 0.0634. The number of nitrogens with zero attached hydrogens (tertiary/aromatic N) is 2. The average molecular weight is 428 g/mol. The van der Waals surface area contributed by atoms with E-state index in [2.05, 4.69) is 10.2 Å². The van der Waals surface area contributed by atoms with Gasteiger partial charge in [-0.05, 0) is 36.4 Å². The van der Waals surface area contributed by atoms with E-state index in [1.54, 1.807) is 56.7 Å². The van der Waals surface area contributed by atoms with E-state index in [0.29, 0.717) is 42.3 Å². The van der Waals surface area contributed by atoms with Gasteiger partial charge in [0, 0.05) is 44.8 Å². The van der Waals surface area contributed by atoms with Gasteiger partial charge in [-0.15, -0.1) is 0 Å². The van der Waals surface area contributed by atoms with Gasteiger partial charge in [-0.25, -0.2) is 0 Å². The van der Waals surface area contributed by atoms with Crippen molar-refractivity contribution in [2.45, 2.75) is 0 Å². The Morgan fingerprint density at radius 3 is 2.23 bits per heavy atom. The molecule has 1 aliphatic rings. The minimum Gasteiger partial charge on any atom is -0.497 e. The monoisotopic (exact) mass is 427 g/mol. The maximum absolute atomic E-state index is 13.0. The second kappa shape index (κ2) is 10.7. The Bertz CT molecular complexity index is 893. The van der Waals surface area contributed by atoms with Gasteiger partial charge in [-0.1, -0.05) is 6.07 Å². The Balaban J connectivity index is 1.46. The number of benzene rings is 2. The van der Waals surface area contributed by atoms with Crippen LogP contribution in [0.1, 0.15) is 20.7 Å². The van der Waals surface area contributed by atoms with Crippen molar-refractivity contribution in [2.24, 2.45) is 0 Å². The van der Waals surface area contributed by atoms with Crippen molar-refractivity contribution in [1.29, 1.82) is 0 Å². The smallest absolute Gasteiger partial charge is 0.257 e. The number of methoxy groups -OCH3 is 3. The number of amides is 2. The Hall–Kier alpha value is -3.26. The Morgan fingerprint density at radius 1 is 0.903 bits per heavy atom. The summed E-state index contributed by atoms with van der Waals surface area (Å²) in [7, 11) is 4.68. The third kappa shape index (κ3) is 5.46. The molecule has 2 aromatic carbocycles. The first-order valence-electron chi connectivity index (χ1n) is 10.2. The number of carbonyl (C=O) groups excluding carboxylic acids is 2. The molecule has 0 radical (unpaired) electrons. The molecule has 166 valence electrons. The van der Waals surface area contributed by atoms with Gasteiger partial charge in [0.1, 0.15) is 5.75 Å². The first kappa shape index (κ1) is 22.4. The van der Waals surface area contributed by atoms with Crippen LogP contribution in [-0.2, 0) is 0 Å². The summed E-state index contributed by atoms with van der Waals surface area (Å²) < 4.78 is 15.8. The SMILES string of the molecule is COc1ccc(C(=O)NCCN2CCN(C(=O)c3cccc(OC)c3OC)CC2)cc1. The number of carbonyl (C=O) groups is 2. The molecule has 3 rings (SSSR count). The molecule has 1 heterocycles. The molecule has 2 aromatic rings. The molecule has 0 bridgehead atoms. The van der Waals surface area contributed by atoms with Gasteiger partial charge in [0.05, 0.1) is 26.9 Å². The van der Waals surface area contributed by atoms with Crippen molar-refractivity contribution < 1.29 is 23.8 Å². The highest BCUT2D eigenvalue weighted by molar-refractivity contribution is 5.98. The van der Waals surface area contributed by atoms with E-state index in [1.165, 1.54) is 7.11 Å². The molecule has 0 atom stereocenters. The van der Waals surface area contributed by atoms with E-state index in [9.17, 15) is 9.59 Å². The summed E-state index contributed by atoms with van der Waals surface area (Å²) in [4.78, 5) is 29.3. The van der Waals surface area contributed by atoms with E-state index in [4.69, 9.17) is 14.2 Å². The molecule has 1 N–H and O–H groups in total. The minimum absolute atomic E-state index is 0.0665. The van der Waals surface area contributed by atoms with E-state index >= 15 is 0 Å². The Kier molecular flexibility index (Phi) is 7.72. The predicted molar refractivity (Wildman–Crippen MR) is 117 cm³/mol. The zero-order valence-corrected chi connectivity index (χ0v) is 18.2. The third-order valence-electron chi connectivity index (χ3n) is 5.36. The number of hydrogen-bond acceptors (Lipinski definition) is 6. The van der Waals surface area contributed by atoms with Crippen LogP contribution in [0, 0.1) is 0 Å². The predicted octanol–water partition coefficient (Wildman–Crippen LogP) is 1.90. The third-order valence-corrected chi connectivity index (χ3v) is 5.36. The summed E-state index contributed by atoms with van der Waals surface area (Å²) in [6, 6.07) is 12.3. The van der Waals surface area contributed by atoms with Crippen LogP contribution < -0.4 is 19.5 Å². The van der Waals surface area contributed by atoms with Gasteiger partial charge in [0.15, 0.2) is 11.5 Å². The van der Waals surface area contributed by atoms with Crippen LogP contribution in [0.15, 0.2) is 42.5 Å². The quantitative estimate of drug-likeness (QED) is 0.693. The first-order valence-corrected chi connectivity index (χ1v) is 10.2. The number of ether oxygens (including phenoxy) is 3. The van der Waals surface area contributed by atoms with Gasteiger partial charge < -0.3 is 24.4 Å². The van der Waals surface area contributed by atoms with Gasteiger partial charge in [-0.2, -0.15) is 0 Å². The molecule has 0 saturated carbocycles. The molecule has 8 nitrogen and oxygen atoms in total. The molecule has 0 aliphatic carbocycles. The topological polar surface area (TPSA) is 80.3 Å². The van der Waals surface area contributed by atoms with Crippen molar-refractivity contribution in [3.05, 3.63) is 53.6 Å². The molecule has 2 amide bonds. The van der Waals surface area contributed by atoms with Crippen LogP contribution in [-0.4, -0.2) is 82.2 Å². The molecule has 8 heteroatoms. The molecule has 0 spiro atoms. The second-order valence-electron chi connectivity index (χ2n) is 7.16. The number of hydrogen-bond donors (Lipinski definition) is 1. The molecule has 1 fully saturated rings. The zero-order chi connectivity index (χ0) is 22.2. The van der Waals surface area contributed by atoms with Crippen LogP contribution in [0.3, 0.4) is 0 Å². The maximum atomic E-state index is 13.0. The number of rotatable bonds is 8. The minimum atomic E-state index is -0.110. The van der Waals surface area contributed by atoms with E-state index in [1.807, 2.05) is 4.90 Å². The molecular formula is C23H29N3O5. The summed E-state index contributed by atoms with van der Waals surface area (Å²) >= 11 is 0. The van der Waals surface area contributed by atoms with E-state index < -0.39 is 0 Å². The lowest BCUT2D eigenvalue weighted by Gasteiger charge is -2.35. The van der Waals surface area contributed by atoms with Gasteiger partial charge in [0.25, 0.3) is 11.8 Å². The van der Waals surface area contributed by atoms with Crippen molar-refractivity contribution in [2.75, 3.05) is 60.6 Å². The van der Waals surface area contributed by atoms with Gasteiger partial charge >= 0.3 is 0 Å². The molecule has 0 unspecified atom stereocenters. The van der Waals surface area contributed by atoms with Crippen molar-refractivity contribution in [3.8, 4) is 17.2 Å². The van der Waals surface area contributed by atoms with Crippen molar-refractivity contribution >= 4 is 11.8 Å². The van der Waals surface area contributed by atoms with Crippen molar-refractivity contribution in [1.82, 2.24) is 15.1 Å². The number of para-hydroxylation sites is 1. The Labute approximate surface area is 182 Å². The largest absolute Gasteiger partial charge is 0.497 e. The van der Waals surface area contributed by atoms with Crippen LogP contribution in [0.4, 0.5) is 0 Å². The highest BCUT2D eigenvalue weighted by Gasteiger charge is 2.25. The zero-order valence-electron chi connectivity index (χ0n) is 18.2. The van der Waals surface area contributed by atoms with Crippen LogP contribution in [0.2, 0.25) is 0 Å². The fourth-order valence-electron chi connectivity index (χ4n) is 3.57. The number of nitrogens with one attached hydrogen (secondary N) is 1. The highest BCUT2D eigenvalue weighted by Crippen LogP contribution is 2.31. The molecule has 1 saturated heterocycles. The van der Waals surface area contributed by atoms with Crippen molar-refractivity contribution in [3.63, 3.8) is 0 Å². The first-order chi connectivity index (χ1) is 15.1.